The van der Waals surface area contributed by atoms with Crippen LogP contribution in [0.25, 0.3) is 0 Å². The quantitative estimate of drug-likeness (QED) is 0.793. The van der Waals surface area contributed by atoms with Gasteiger partial charge in [-0.05, 0) is 11.1 Å². The Bertz CT molecular complexity index is 431. The van der Waals surface area contributed by atoms with E-state index in [9.17, 15) is 9.59 Å². The van der Waals surface area contributed by atoms with Crippen LogP contribution in [-0.2, 0) is 21.8 Å². The summed E-state index contributed by atoms with van der Waals surface area (Å²) in [5.41, 5.74) is 1.75. The van der Waals surface area contributed by atoms with E-state index in [4.69, 9.17) is 10.2 Å². The van der Waals surface area contributed by atoms with Crippen molar-refractivity contribution >= 4 is 23.7 Å². The van der Waals surface area contributed by atoms with E-state index in [-0.39, 0.29) is 12.3 Å². The van der Waals surface area contributed by atoms with E-state index in [0.29, 0.717) is 11.5 Å². The zero-order valence-electron chi connectivity index (χ0n) is 10.1. The second-order valence-electron chi connectivity index (χ2n) is 4.09. The highest BCUT2D eigenvalue weighted by atomic mass is 32.2. The van der Waals surface area contributed by atoms with Crippen molar-refractivity contribution in [1.82, 2.24) is 0 Å². The van der Waals surface area contributed by atoms with Crippen molar-refractivity contribution in [2.75, 3.05) is 5.75 Å². The second kappa shape index (κ2) is 7.06. The summed E-state index contributed by atoms with van der Waals surface area (Å²) < 4.78 is 0. The molecule has 5 heteroatoms. The average molecular weight is 268 g/mol. The zero-order valence-corrected chi connectivity index (χ0v) is 10.9. The second-order valence-corrected chi connectivity index (χ2v) is 5.12. The van der Waals surface area contributed by atoms with Crippen LogP contribution in [0.4, 0.5) is 0 Å². The van der Waals surface area contributed by atoms with Gasteiger partial charge in [0.1, 0.15) is 0 Å². The third-order valence-electron chi connectivity index (χ3n) is 2.51. The van der Waals surface area contributed by atoms with Crippen LogP contribution in [0.2, 0.25) is 0 Å². The van der Waals surface area contributed by atoms with E-state index < -0.39 is 11.9 Å². The summed E-state index contributed by atoms with van der Waals surface area (Å²) in [5, 5.41) is 17.6. The number of carboxylic acids is 2. The fourth-order valence-corrected chi connectivity index (χ4v) is 2.57. The Morgan fingerprint density at radius 3 is 2.39 bits per heavy atom. The fourth-order valence-electron chi connectivity index (χ4n) is 1.45. The molecule has 0 aliphatic carbocycles. The van der Waals surface area contributed by atoms with Crippen molar-refractivity contribution in [2.24, 2.45) is 5.92 Å². The number of carbonyl (C=O) groups is 2. The van der Waals surface area contributed by atoms with Gasteiger partial charge in [0.2, 0.25) is 0 Å². The van der Waals surface area contributed by atoms with Gasteiger partial charge in [-0.3, -0.25) is 9.59 Å². The van der Waals surface area contributed by atoms with Gasteiger partial charge in [-0.2, -0.15) is 11.8 Å². The monoisotopic (exact) mass is 268 g/mol. The van der Waals surface area contributed by atoms with Crippen molar-refractivity contribution in [3.63, 3.8) is 0 Å². The summed E-state index contributed by atoms with van der Waals surface area (Å²) in [6, 6.07) is 7.36. The SMILES string of the molecule is CC(CSCc1ccccc1CC(=O)O)C(=O)O. The molecule has 2 N–H and O–H groups in total. The molecular weight excluding hydrogens is 252 g/mol. The first kappa shape index (κ1) is 14.6. The smallest absolute Gasteiger partial charge is 0.307 e. The summed E-state index contributed by atoms with van der Waals surface area (Å²) in [5.74, 6) is -0.882. The number of hydrogen-bond acceptors (Lipinski definition) is 3. The minimum Gasteiger partial charge on any atom is -0.481 e. The molecule has 98 valence electrons. The van der Waals surface area contributed by atoms with Crippen LogP contribution >= 0.6 is 11.8 Å². The first-order valence-electron chi connectivity index (χ1n) is 5.60. The number of thioether (sulfide) groups is 1. The summed E-state index contributed by atoms with van der Waals surface area (Å²) in [6.45, 7) is 1.67. The fraction of sp³-hybridized carbons (Fsp3) is 0.385. The van der Waals surface area contributed by atoms with E-state index in [1.165, 1.54) is 11.8 Å². The predicted octanol–water partition coefficient (Wildman–Crippen LogP) is 2.27. The van der Waals surface area contributed by atoms with Gasteiger partial charge in [0.15, 0.2) is 0 Å². The van der Waals surface area contributed by atoms with Crippen LogP contribution < -0.4 is 0 Å². The molecule has 1 rings (SSSR count). The maximum atomic E-state index is 10.7. The van der Waals surface area contributed by atoms with Crippen molar-refractivity contribution in [3.8, 4) is 0 Å². The Labute approximate surface area is 110 Å². The standard InChI is InChI=1S/C13H16O4S/c1-9(13(16)17)7-18-8-11-5-3-2-4-10(11)6-12(14)15/h2-5,9H,6-8H2,1H3,(H,14,15)(H,16,17). The third kappa shape index (κ3) is 4.79. The molecule has 0 saturated heterocycles. The first-order valence-corrected chi connectivity index (χ1v) is 6.75. The minimum absolute atomic E-state index is 0.00518. The topological polar surface area (TPSA) is 74.6 Å². The Kier molecular flexibility index (Phi) is 5.71. The van der Waals surface area contributed by atoms with E-state index >= 15 is 0 Å². The van der Waals surface area contributed by atoms with Gasteiger partial charge in [0.05, 0.1) is 12.3 Å². The maximum absolute atomic E-state index is 10.7. The molecule has 0 spiro atoms. The highest BCUT2D eigenvalue weighted by Gasteiger charge is 2.11. The average Bonchev–Trinajstić information content (AvgIpc) is 2.30. The highest BCUT2D eigenvalue weighted by Crippen LogP contribution is 2.19. The molecule has 1 aromatic carbocycles. The normalized spacial score (nSPS) is 12.1. The molecule has 0 radical (unpaired) electrons. The molecular formula is C13H16O4S. The van der Waals surface area contributed by atoms with Crippen molar-refractivity contribution in [3.05, 3.63) is 35.4 Å². The van der Waals surface area contributed by atoms with Gasteiger partial charge >= 0.3 is 11.9 Å². The van der Waals surface area contributed by atoms with Gasteiger partial charge in [0.25, 0.3) is 0 Å². The number of carboxylic acid groups (broad SMARTS) is 2. The molecule has 1 unspecified atom stereocenters. The van der Waals surface area contributed by atoms with Crippen LogP contribution in [0.1, 0.15) is 18.1 Å². The van der Waals surface area contributed by atoms with Gasteiger partial charge < -0.3 is 10.2 Å². The summed E-state index contributed by atoms with van der Waals surface area (Å²) >= 11 is 1.51. The first-order chi connectivity index (χ1) is 8.50. The summed E-state index contributed by atoms with van der Waals surface area (Å²) in [4.78, 5) is 21.4. The molecule has 0 aliphatic rings. The zero-order chi connectivity index (χ0) is 13.5. The number of hydrogen-bond donors (Lipinski definition) is 2. The summed E-state index contributed by atoms with van der Waals surface area (Å²) in [6.07, 6.45) is 0.00518. The van der Waals surface area contributed by atoms with Gasteiger partial charge in [-0.15, -0.1) is 0 Å². The van der Waals surface area contributed by atoms with Crippen LogP contribution in [0.5, 0.6) is 0 Å². The van der Waals surface area contributed by atoms with Crippen molar-refractivity contribution in [1.29, 1.82) is 0 Å². The Morgan fingerprint density at radius 2 is 1.83 bits per heavy atom. The number of rotatable bonds is 7. The predicted molar refractivity (Wildman–Crippen MR) is 70.7 cm³/mol. The third-order valence-corrected chi connectivity index (χ3v) is 3.76. The van der Waals surface area contributed by atoms with Crippen LogP contribution in [0.3, 0.4) is 0 Å². The molecule has 18 heavy (non-hydrogen) atoms. The van der Waals surface area contributed by atoms with Crippen molar-refractivity contribution in [2.45, 2.75) is 19.1 Å². The molecule has 0 fully saturated rings. The molecule has 0 heterocycles. The minimum atomic E-state index is -0.855. The van der Waals surface area contributed by atoms with Gasteiger partial charge in [-0.1, -0.05) is 31.2 Å². The molecule has 1 aromatic rings. The number of benzene rings is 1. The van der Waals surface area contributed by atoms with E-state index in [0.717, 1.165) is 11.1 Å². The van der Waals surface area contributed by atoms with Crippen LogP contribution in [0.15, 0.2) is 24.3 Å². The molecule has 1 atom stereocenters. The van der Waals surface area contributed by atoms with Gasteiger partial charge in [-0.25, -0.2) is 0 Å². The number of aliphatic carboxylic acids is 2. The Morgan fingerprint density at radius 1 is 1.22 bits per heavy atom. The van der Waals surface area contributed by atoms with Crippen molar-refractivity contribution < 1.29 is 19.8 Å². The molecule has 0 amide bonds. The van der Waals surface area contributed by atoms with E-state index in [1.54, 1.807) is 13.0 Å². The lowest BCUT2D eigenvalue weighted by Crippen LogP contribution is -2.12. The lowest BCUT2D eigenvalue weighted by molar-refractivity contribution is -0.140. The lowest BCUT2D eigenvalue weighted by atomic mass is 10.1. The van der Waals surface area contributed by atoms with E-state index in [1.807, 2.05) is 18.2 Å². The molecule has 0 bridgehead atoms. The van der Waals surface area contributed by atoms with Gasteiger partial charge in [0, 0.05) is 11.5 Å². The van der Waals surface area contributed by atoms with E-state index in [2.05, 4.69) is 0 Å². The van der Waals surface area contributed by atoms with Crippen LogP contribution in [-0.4, -0.2) is 27.9 Å². The molecule has 4 nitrogen and oxygen atoms in total. The lowest BCUT2D eigenvalue weighted by Gasteiger charge is -2.09. The molecule has 0 saturated carbocycles. The highest BCUT2D eigenvalue weighted by molar-refractivity contribution is 7.98. The van der Waals surface area contributed by atoms with Crippen LogP contribution in [0, 0.1) is 5.92 Å². The Balaban J connectivity index is 2.56. The molecule has 0 aliphatic heterocycles. The maximum Gasteiger partial charge on any atom is 0.307 e. The largest absolute Gasteiger partial charge is 0.481 e. The Hall–Kier alpha value is -1.49. The summed E-state index contributed by atoms with van der Waals surface area (Å²) in [7, 11) is 0. The molecule has 0 aromatic heterocycles.